The minimum Gasteiger partial charge on any atom is -0.309 e. The van der Waals surface area contributed by atoms with Crippen molar-refractivity contribution < 1.29 is 8.42 Å². The van der Waals surface area contributed by atoms with E-state index in [1.165, 1.54) is 17.7 Å². The van der Waals surface area contributed by atoms with E-state index in [-0.39, 0.29) is 4.90 Å². The minimum atomic E-state index is -3.63. The molecule has 0 aliphatic carbocycles. The number of rotatable bonds is 5. The molecule has 0 atom stereocenters. The molecule has 2 aromatic carbocycles. The molecule has 0 bridgehead atoms. The van der Waals surface area contributed by atoms with Gasteiger partial charge in [0, 0.05) is 18.1 Å². The van der Waals surface area contributed by atoms with E-state index in [1.807, 2.05) is 25.1 Å². The van der Waals surface area contributed by atoms with E-state index >= 15 is 0 Å². The summed E-state index contributed by atoms with van der Waals surface area (Å²) < 4.78 is 22.3. The fourth-order valence-electron chi connectivity index (χ4n) is 2.00. The molecule has 0 saturated heterocycles. The predicted octanol–water partition coefficient (Wildman–Crippen LogP) is 2.59. The summed E-state index contributed by atoms with van der Waals surface area (Å²) in [4.78, 5) is 0.125. The summed E-state index contributed by atoms with van der Waals surface area (Å²) in [6, 6.07) is 12.3. The summed E-state index contributed by atoms with van der Waals surface area (Å²) in [6.45, 7) is 3.39. The number of nitrogens with one attached hydrogen (secondary N) is 1. The largest absolute Gasteiger partial charge is 0.309 e. The molecule has 0 spiro atoms. The molecule has 2 aromatic rings. The standard InChI is InChI=1S/C15H17ClN2O2S/c1-11-8-14(16)5-4-13(11)10-18-9-12-2-6-15(7-3-12)21(17,19)20/h2-8,18H,9-10H2,1H3,(H2,17,19,20). The molecule has 0 fully saturated rings. The maximum atomic E-state index is 11.2. The first-order valence-corrected chi connectivity index (χ1v) is 8.36. The van der Waals surface area contributed by atoms with Crippen molar-refractivity contribution in [1.29, 1.82) is 0 Å². The lowest BCUT2D eigenvalue weighted by Crippen LogP contribution is -2.14. The normalized spacial score (nSPS) is 11.6. The molecule has 112 valence electrons. The second-order valence-corrected chi connectivity index (χ2v) is 6.86. The zero-order chi connectivity index (χ0) is 15.5. The lowest BCUT2D eigenvalue weighted by Gasteiger charge is -2.09. The van der Waals surface area contributed by atoms with Gasteiger partial charge in [0.2, 0.25) is 10.0 Å². The molecule has 0 unspecified atom stereocenters. The molecular weight excluding hydrogens is 308 g/mol. The Labute approximate surface area is 130 Å². The van der Waals surface area contributed by atoms with Gasteiger partial charge in [-0.25, -0.2) is 13.6 Å². The second-order valence-electron chi connectivity index (χ2n) is 4.86. The van der Waals surface area contributed by atoms with Crippen molar-refractivity contribution in [2.24, 2.45) is 5.14 Å². The first-order chi connectivity index (χ1) is 9.86. The molecule has 0 aliphatic rings. The lowest BCUT2D eigenvalue weighted by molar-refractivity contribution is 0.597. The second kappa shape index (κ2) is 6.58. The Morgan fingerprint density at radius 3 is 2.33 bits per heavy atom. The third-order valence-electron chi connectivity index (χ3n) is 3.20. The van der Waals surface area contributed by atoms with Gasteiger partial charge in [-0.1, -0.05) is 29.8 Å². The smallest absolute Gasteiger partial charge is 0.238 e. The number of benzene rings is 2. The van der Waals surface area contributed by atoms with Crippen LogP contribution in [-0.4, -0.2) is 8.42 Å². The van der Waals surface area contributed by atoms with Crippen molar-refractivity contribution in [3.05, 3.63) is 64.2 Å². The van der Waals surface area contributed by atoms with Crippen LogP contribution >= 0.6 is 11.6 Å². The van der Waals surface area contributed by atoms with E-state index < -0.39 is 10.0 Å². The minimum absolute atomic E-state index is 0.125. The van der Waals surface area contributed by atoms with Crippen LogP contribution in [0.2, 0.25) is 5.02 Å². The molecule has 4 nitrogen and oxygen atoms in total. The molecule has 0 aliphatic heterocycles. The van der Waals surface area contributed by atoms with Gasteiger partial charge in [-0.3, -0.25) is 0 Å². The van der Waals surface area contributed by atoms with E-state index in [2.05, 4.69) is 5.32 Å². The molecule has 3 N–H and O–H groups in total. The van der Waals surface area contributed by atoms with E-state index in [1.54, 1.807) is 12.1 Å². The summed E-state index contributed by atoms with van der Waals surface area (Å²) in [6.07, 6.45) is 0. The molecule has 0 saturated carbocycles. The Balaban J connectivity index is 1.94. The first kappa shape index (κ1) is 16.0. The Bertz CT molecular complexity index is 728. The monoisotopic (exact) mass is 324 g/mol. The van der Waals surface area contributed by atoms with Crippen LogP contribution in [0.15, 0.2) is 47.4 Å². The fraction of sp³-hybridized carbons (Fsp3) is 0.200. The van der Waals surface area contributed by atoms with Crippen LogP contribution in [0, 0.1) is 6.92 Å². The summed E-state index contributed by atoms with van der Waals surface area (Å²) in [5.74, 6) is 0. The van der Waals surface area contributed by atoms with Crippen molar-refractivity contribution in [3.8, 4) is 0 Å². The highest BCUT2D eigenvalue weighted by atomic mass is 35.5. The van der Waals surface area contributed by atoms with Crippen molar-refractivity contribution in [3.63, 3.8) is 0 Å². The SMILES string of the molecule is Cc1cc(Cl)ccc1CNCc1ccc(S(N)(=O)=O)cc1. The summed E-state index contributed by atoms with van der Waals surface area (Å²) >= 11 is 5.92. The molecule has 21 heavy (non-hydrogen) atoms. The zero-order valence-electron chi connectivity index (χ0n) is 11.6. The van der Waals surface area contributed by atoms with Gasteiger partial charge in [0.15, 0.2) is 0 Å². The average Bonchev–Trinajstić information content (AvgIpc) is 2.41. The van der Waals surface area contributed by atoms with Crippen molar-refractivity contribution >= 4 is 21.6 Å². The highest BCUT2D eigenvalue weighted by Crippen LogP contribution is 2.15. The Morgan fingerprint density at radius 2 is 1.76 bits per heavy atom. The number of nitrogens with two attached hydrogens (primary N) is 1. The van der Waals surface area contributed by atoms with Crippen LogP contribution in [0.1, 0.15) is 16.7 Å². The summed E-state index contributed by atoms with van der Waals surface area (Å²) in [5, 5.41) is 9.10. The van der Waals surface area contributed by atoms with Gasteiger partial charge in [0.1, 0.15) is 0 Å². The number of halogens is 1. The third kappa shape index (κ3) is 4.54. The molecule has 6 heteroatoms. The average molecular weight is 325 g/mol. The predicted molar refractivity (Wildman–Crippen MR) is 84.5 cm³/mol. The van der Waals surface area contributed by atoms with Gasteiger partial charge in [-0.05, 0) is 47.9 Å². The van der Waals surface area contributed by atoms with Gasteiger partial charge >= 0.3 is 0 Å². The van der Waals surface area contributed by atoms with Crippen molar-refractivity contribution in [1.82, 2.24) is 5.32 Å². The van der Waals surface area contributed by atoms with Crippen molar-refractivity contribution in [2.75, 3.05) is 0 Å². The van der Waals surface area contributed by atoms with E-state index in [0.29, 0.717) is 6.54 Å². The molecule has 0 radical (unpaired) electrons. The number of hydrogen-bond donors (Lipinski definition) is 2. The fourth-order valence-corrected chi connectivity index (χ4v) is 2.74. The Kier molecular flexibility index (Phi) is 5.00. The summed E-state index contributed by atoms with van der Waals surface area (Å²) in [7, 11) is -3.63. The van der Waals surface area contributed by atoms with E-state index in [0.717, 1.165) is 22.7 Å². The van der Waals surface area contributed by atoms with Crippen LogP contribution in [0.25, 0.3) is 0 Å². The Hall–Kier alpha value is -1.40. The zero-order valence-corrected chi connectivity index (χ0v) is 13.2. The quantitative estimate of drug-likeness (QED) is 0.888. The highest BCUT2D eigenvalue weighted by molar-refractivity contribution is 7.89. The van der Waals surface area contributed by atoms with Gasteiger partial charge in [0.05, 0.1) is 4.90 Å². The molecular formula is C15H17ClN2O2S. The van der Waals surface area contributed by atoms with E-state index in [9.17, 15) is 8.42 Å². The summed E-state index contributed by atoms with van der Waals surface area (Å²) in [5.41, 5.74) is 3.31. The van der Waals surface area contributed by atoms with Gasteiger partial charge < -0.3 is 5.32 Å². The van der Waals surface area contributed by atoms with E-state index in [4.69, 9.17) is 16.7 Å². The van der Waals surface area contributed by atoms with Gasteiger partial charge in [-0.15, -0.1) is 0 Å². The van der Waals surface area contributed by atoms with Gasteiger partial charge in [-0.2, -0.15) is 0 Å². The van der Waals surface area contributed by atoms with Gasteiger partial charge in [0.25, 0.3) is 0 Å². The Morgan fingerprint density at radius 1 is 1.10 bits per heavy atom. The maximum absolute atomic E-state index is 11.2. The molecule has 0 aromatic heterocycles. The number of primary sulfonamides is 1. The highest BCUT2D eigenvalue weighted by Gasteiger charge is 2.06. The first-order valence-electron chi connectivity index (χ1n) is 6.44. The molecule has 0 amide bonds. The van der Waals surface area contributed by atoms with Crippen LogP contribution in [0.4, 0.5) is 0 Å². The lowest BCUT2D eigenvalue weighted by atomic mass is 10.1. The van der Waals surface area contributed by atoms with Crippen molar-refractivity contribution in [2.45, 2.75) is 24.9 Å². The molecule has 0 heterocycles. The van der Waals surface area contributed by atoms with Crippen LogP contribution in [0.5, 0.6) is 0 Å². The third-order valence-corrected chi connectivity index (χ3v) is 4.37. The molecule has 2 rings (SSSR count). The van der Waals surface area contributed by atoms with Crippen LogP contribution in [-0.2, 0) is 23.1 Å². The van der Waals surface area contributed by atoms with Crippen LogP contribution < -0.4 is 10.5 Å². The van der Waals surface area contributed by atoms with Crippen LogP contribution in [0.3, 0.4) is 0 Å². The topological polar surface area (TPSA) is 72.2 Å². The number of sulfonamides is 1. The number of hydrogen-bond acceptors (Lipinski definition) is 3. The number of aryl methyl sites for hydroxylation is 1. The maximum Gasteiger partial charge on any atom is 0.238 e.